The Kier molecular flexibility index (Phi) is 4.40. The van der Waals surface area contributed by atoms with Crippen LogP contribution in [-0.4, -0.2) is 11.3 Å². The van der Waals surface area contributed by atoms with E-state index in [0.29, 0.717) is 11.3 Å². The largest absolute Gasteiger partial charge is 0.416 e. The molecule has 0 aliphatic heterocycles. The molecule has 116 valence electrons. The summed E-state index contributed by atoms with van der Waals surface area (Å²) in [6.07, 6.45) is -4.33. The zero-order chi connectivity index (χ0) is 16.4. The standard InChI is InChI=1S/C18H18F3N/c1-17(2,3)22-16(13-7-5-4-6-8-13)14-9-11-15(12-10-14)18(19,20)21/h4-12H,1-3H3. The number of hydrogen-bond donors (Lipinski definition) is 0. The minimum atomic E-state index is -4.33. The molecule has 0 spiro atoms. The van der Waals surface area contributed by atoms with E-state index < -0.39 is 11.7 Å². The molecule has 0 atom stereocenters. The van der Waals surface area contributed by atoms with E-state index in [2.05, 4.69) is 4.99 Å². The first-order valence-corrected chi connectivity index (χ1v) is 7.00. The van der Waals surface area contributed by atoms with Crippen molar-refractivity contribution in [2.45, 2.75) is 32.5 Å². The first-order chi connectivity index (χ1) is 10.2. The first kappa shape index (κ1) is 16.3. The van der Waals surface area contributed by atoms with E-state index in [-0.39, 0.29) is 5.54 Å². The van der Waals surface area contributed by atoms with E-state index in [0.717, 1.165) is 17.7 Å². The van der Waals surface area contributed by atoms with Crippen molar-refractivity contribution in [1.82, 2.24) is 0 Å². The lowest BCUT2D eigenvalue weighted by Gasteiger charge is -2.17. The first-order valence-electron chi connectivity index (χ1n) is 7.00. The Morgan fingerprint density at radius 1 is 0.773 bits per heavy atom. The van der Waals surface area contributed by atoms with Crippen molar-refractivity contribution in [3.8, 4) is 0 Å². The van der Waals surface area contributed by atoms with Gasteiger partial charge in [0.2, 0.25) is 0 Å². The second kappa shape index (κ2) is 5.95. The van der Waals surface area contributed by atoms with Crippen LogP contribution in [-0.2, 0) is 6.18 Å². The lowest BCUT2D eigenvalue weighted by molar-refractivity contribution is -0.137. The van der Waals surface area contributed by atoms with Crippen molar-refractivity contribution in [1.29, 1.82) is 0 Å². The molecule has 4 heteroatoms. The number of halogens is 3. The Morgan fingerprint density at radius 2 is 1.27 bits per heavy atom. The molecule has 2 rings (SSSR count). The van der Waals surface area contributed by atoms with Crippen LogP contribution in [0.1, 0.15) is 37.5 Å². The molecule has 1 nitrogen and oxygen atoms in total. The third-order valence-corrected chi connectivity index (χ3v) is 2.98. The van der Waals surface area contributed by atoms with Gasteiger partial charge >= 0.3 is 6.18 Å². The Hall–Kier alpha value is -2.10. The molecular formula is C18H18F3N. The Bertz CT molecular complexity index is 647. The van der Waals surface area contributed by atoms with E-state index in [1.807, 2.05) is 51.1 Å². The molecule has 0 amide bonds. The predicted molar refractivity (Wildman–Crippen MR) is 83.3 cm³/mol. The summed E-state index contributed by atoms with van der Waals surface area (Å²) in [6, 6.07) is 14.6. The quantitative estimate of drug-likeness (QED) is 0.664. The normalized spacial score (nSPS) is 13.3. The van der Waals surface area contributed by atoms with Gasteiger partial charge in [-0.25, -0.2) is 0 Å². The Labute approximate surface area is 128 Å². The van der Waals surface area contributed by atoms with E-state index in [1.165, 1.54) is 12.1 Å². The summed E-state index contributed by atoms with van der Waals surface area (Å²) in [4.78, 5) is 4.68. The molecule has 0 saturated carbocycles. The summed E-state index contributed by atoms with van der Waals surface area (Å²) < 4.78 is 38.1. The van der Waals surface area contributed by atoms with E-state index in [9.17, 15) is 13.2 Å². The van der Waals surface area contributed by atoms with E-state index in [4.69, 9.17) is 0 Å². The summed E-state index contributed by atoms with van der Waals surface area (Å²) in [5.41, 5.74) is 1.28. The van der Waals surface area contributed by atoms with Crippen LogP contribution in [0, 0.1) is 0 Å². The van der Waals surface area contributed by atoms with E-state index >= 15 is 0 Å². The fourth-order valence-electron chi connectivity index (χ4n) is 2.04. The second-order valence-electron chi connectivity index (χ2n) is 6.07. The van der Waals surface area contributed by atoms with Crippen LogP contribution in [0.4, 0.5) is 13.2 Å². The molecule has 0 aliphatic rings. The maximum atomic E-state index is 12.7. The molecular weight excluding hydrogens is 287 g/mol. The molecule has 0 N–H and O–H groups in total. The second-order valence-corrected chi connectivity index (χ2v) is 6.07. The lowest BCUT2D eigenvalue weighted by Crippen LogP contribution is -2.16. The highest BCUT2D eigenvalue weighted by molar-refractivity contribution is 6.13. The van der Waals surface area contributed by atoms with Gasteiger partial charge in [-0.15, -0.1) is 0 Å². The molecule has 2 aromatic carbocycles. The number of alkyl halides is 3. The number of hydrogen-bond acceptors (Lipinski definition) is 1. The van der Waals surface area contributed by atoms with Gasteiger partial charge in [0.05, 0.1) is 16.8 Å². The van der Waals surface area contributed by atoms with Gasteiger partial charge < -0.3 is 0 Å². The fraction of sp³-hybridized carbons (Fsp3) is 0.278. The van der Waals surface area contributed by atoms with E-state index in [1.54, 1.807) is 0 Å². The van der Waals surface area contributed by atoms with Crippen molar-refractivity contribution < 1.29 is 13.2 Å². The van der Waals surface area contributed by atoms with Crippen molar-refractivity contribution in [3.05, 3.63) is 71.3 Å². The molecule has 0 unspecified atom stereocenters. The van der Waals surface area contributed by atoms with Crippen LogP contribution in [0.3, 0.4) is 0 Å². The van der Waals surface area contributed by atoms with Crippen LogP contribution >= 0.6 is 0 Å². The number of rotatable bonds is 2. The number of benzene rings is 2. The summed E-state index contributed by atoms with van der Waals surface area (Å²) >= 11 is 0. The maximum absolute atomic E-state index is 12.7. The van der Waals surface area contributed by atoms with Crippen LogP contribution in [0.5, 0.6) is 0 Å². The van der Waals surface area contributed by atoms with Gasteiger partial charge in [-0.3, -0.25) is 4.99 Å². The van der Waals surface area contributed by atoms with Crippen LogP contribution in [0.25, 0.3) is 0 Å². The molecule has 0 fully saturated rings. The van der Waals surface area contributed by atoms with Crippen molar-refractivity contribution >= 4 is 5.71 Å². The zero-order valence-corrected chi connectivity index (χ0v) is 12.8. The summed E-state index contributed by atoms with van der Waals surface area (Å²) in [7, 11) is 0. The molecule has 0 saturated heterocycles. The molecule has 0 radical (unpaired) electrons. The third kappa shape index (κ3) is 4.20. The fourth-order valence-corrected chi connectivity index (χ4v) is 2.04. The van der Waals surface area contributed by atoms with Gasteiger partial charge in [0, 0.05) is 11.1 Å². The highest BCUT2D eigenvalue weighted by atomic mass is 19.4. The van der Waals surface area contributed by atoms with Gasteiger partial charge in [0.1, 0.15) is 0 Å². The Balaban J connectivity index is 2.49. The van der Waals surface area contributed by atoms with Gasteiger partial charge in [-0.05, 0) is 32.9 Å². The monoisotopic (exact) mass is 305 g/mol. The Morgan fingerprint density at radius 3 is 1.73 bits per heavy atom. The van der Waals surface area contributed by atoms with Crippen molar-refractivity contribution in [2.24, 2.45) is 4.99 Å². The topological polar surface area (TPSA) is 12.4 Å². The van der Waals surface area contributed by atoms with Crippen LogP contribution < -0.4 is 0 Å². The average Bonchev–Trinajstić information content (AvgIpc) is 2.44. The highest BCUT2D eigenvalue weighted by Crippen LogP contribution is 2.29. The van der Waals surface area contributed by atoms with Gasteiger partial charge in [0.15, 0.2) is 0 Å². The molecule has 2 aromatic rings. The number of aliphatic imine (C=N–C) groups is 1. The molecule has 0 bridgehead atoms. The lowest BCUT2D eigenvalue weighted by atomic mass is 9.99. The summed E-state index contributed by atoms with van der Waals surface area (Å²) in [6.45, 7) is 5.88. The summed E-state index contributed by atoms with van der Waals surface area (Å²) in [5.74, 6) is 0. The summed E-state index contributed by atoms with van der Waals surface area (Å²) in [5, 5.41) is 0. The molecule has 0 heterocycles. The van der Waals surface area contributed by atoms with Crippen molar-refractivity contribution in [3.63, 3.8) is 0 Å². The molecule has 0 aliphatic carbocycles. The van der Waals surface area contributed by atoms with Gasteiger partial charge in [-0.2, -0.15) is 13.2 Å². The van der Waals surface area contributed by atoms with Gasteiger partial charge in [-0.1, -0.05) is 42.5 Å². The third-order valence-electron chi connectivity index (χ3n) is 2.98. The number of nitrogens with zero attached hydrogens (tertiary/aromatic N) is 1. The smallest absolute Gasteiger partial charge is 0.278 e. The molecule has 22 heavy (non-hydrogen) atoms. The average molecular weight is 305 g/mol. The zero-order valence-electron chi connectivity index (χ0n) is 12.8. The van der Waals surface area contributed by atoms with Crippen molar-refractivity contribution in [2.75, 3.05) is 0 Å². The van der Waals surface area contributed by atoms with Gasteiger partial charge in [0.25, 0.3) is 0 Å². The maximum Gasteiger partial charge on any atom is 0.416 e. The minimum absolute atomic E-state index is 0.326. The predicted octanol–water partition coefficient (Wildman–Crippen LogP) is 5.34. The minimum Gasteiger partial charge on any atom is -0.278 e. The van der Waals surface area contributed by atoms with Crippen LogP contribution in [0.2, 0.25) is 0 Å². The SMILES string of the molecule is CC(C)(C)N=C(c1ccccc1)c1ccc(C(F)(F)F)cc1. The molecule has 0 aromatic heterocycles. The highest BCUT2D eigenvalue weighted by Gasteiger charge is 2.30. The van der Waals surface area contributed by atoms with Crippen LogP contribution in [0.15, 0.2) is 59.6 Å².